The number of anilines is 2. The van der Waals surface area contributed by atoms with Gasteiger partial charge >= 0.3 is 0 Å². The van der Waals surface area contributed by atoms with Gasteiger partial charge in [0.05, 0.1) is 62.4 Å². The molecule has 5 atom stereocenters. The molecule has 10 rings (SSSR count). The summed E-state index contributed by atoms with van der Waals surface area (Å²) in [5, 5.41) is 8.47. The van der Waals surface area contributed by atoms with E-state index < -0.39 is 23.9 Å². The molecule has 3 N–H and O–H groups in total. The van der Waals surface area contributed by atoms with Gasteiger partial charge in [0.2, 0.25) is 35.9 Å². The van der Waals surface area contributed by atoms with E-state index in [-0.39, 0.29) is 73.1 Å². The van der Waals surface area contributed by atoms with Crippen LogP contribution in [0.3, 0.4) is 0 Å². The number of carbonyl (C=O) groups is 7. The largest absolute Gasteiger partial charge is 0.493 e. The summed E-state index contributed by atoms with van der Waals surface area (Å²) >= 11 is 0. The highest BCUT2D eigenvalue weighted by Crippen LogP contribution is 2.42. The van der Waals surface area contributed by atoms with Gasteiger partial charge in [0.25, 0.3) is 5.91 Å². The Kier molecular flexibility index (Phi) is 23.0. The number of nitrogens with zero attached hydrogens (tertiary/aromatic N) is 7. The standard InChI is InChI=1S/C73H92N10O11/c1-47(2)69(78-67(85)19-14-11-15-28-82-68(86)39-59(72(82)89)52-17-12-9-8-10-13-18-52)71(88)76-49(4)70(87)77-55-24-20-50(21-25-55)53-36-57(81(44-53)46-84)42-74-61-40-65(63(91-6)35-48(61)3)93-33-16-34-94-66-41-62-60(38-64(66)92-7)73(90)83-45-54(37-58(83)43-75-62)51-22-26-56(27-23-51)80-31-29-79(5)30-32-80/h20-27,35,38,40-47,49,52,57-59,69H,8-19,28-34,36-37,39H2,1-7H3,(H,76,88)(H,77,87)(H,78,85). The normalized spacial score (nSPS) is 20.0. The predicted molar refractivity (Wildman–Crippen MR) is 364 cm³/mol. The van der Waals surface area contributed by atoms with Crippen molar-refractivity contribution in [2.75, 3.05) is 77.4 Å². The van der Waals surface area contributed by atoms with Crippen LogP contribution >= 0.6 is 0 Å². The number of nitrogens with one attached hydrogen (secondary N) is 3. The van der Waals surface area contributed by atoms with Crippen molar-refractivity contribution in [3.05, 3.63) is 107 Å². The van der Waals surface area contributed by atoms with E-state index in [0.717, 1.165) is 86.1 Å². The van der Waals surface area contributed by atoms with Gasteiger partial charge in [-0.1, -0.05) is 76.6 Å². The molecule has 5 heterocycles. The lowest BCUT2D eigenvalue weighted by Crippen LogP contribution is -2.53. The molecule has 21 nitrogen and oxygen atoms in total. The highest BCUT2D eigenvalue weighted by Gasteiger charge is 2.42. The fourth-order valence-electron chi connectivity index (χ4n) is 13.4. The lowest BCUT2D eigenvalue weighted by atomic mass is 9.81. The zero-order valence-corrected chi connectivity index (χ0v) is 55.5. The molecule has 0 radical (unpaired) electrons. The SMILES string of the molecule is COc1cc(C)c(N=CC2CC(c3ccc(NC(=O)C(C)NC(=O)C(NC(=O)CCCCCN4C(=O)CC(C5CCCCCCC5)C4=O)C(C)C)cc3)=CN2C=O)cc1OCCCOc1cc2c(cc1OC)C(=O)N1C=C(c3ccc(N4CCN(C)CC4)cc3)CC1C=N2. The fraction of sp³-hybridized carbons (Fsp3) is 0.493. The monoisotopic (exact) mass is 1280 g/mol. The minimum atomic E-state index is -0.924. The molecule has 3 fully saturated rings. The van der Waals surface area contributed by atoms with E-state index in [1.807, 2.05) is 57.5 Å². The lowest BCUT2D eigenvalue weighted by Gasteiger charge is -2.34. The first-order valence-electron chi connectivity index (χ1n) is 33.6. The Morgan fingerprint density at radius 2 is 1.38 bits per heavy atom. The number of aryl methyl sites for hydroxylation is 1. The van der Waals surface area contributed by atoms with Crippen molar-refractivity contribution < 1.29 is 52.5 Å². The quantitative estimate of drug-likeness (QED) is 0.0218. The molecule has 7 amide bonds. The summed E-state index contributed by atoms with van der Waals surface area (Å²) in [4.78, 5) is 112. The second-order valence-electron chi connectivity index (χ2n) is 26.1. The first kappa shape index (κ1) is 68.0. The summed E-state index contributed by atoms with van der Waals surface area (Å²) < 4.78 is 23.9. The van der Waals surface area contributed by atoms with Gasteiger partial charge < -0.3 is 54.5 Å². The average molecular weight is 1290 g/mol. The first-order valence-corrected chi connectivity index (χ1v) is 33.6. The highest BCUT2D eigenvalue weighted by atomic mass is 16.5. The van der Waals surface area contributed by atoms with Gasteiger partial charge in [-0.05, 0) is 123 Å². The van der Waals surface area contributed by atoms with Crippen LogP contribution < -0.4 is 39.8 Å². The number of amides is 7. The number of imide groups is 1. The molecule has 5 aliphatic heterocycles. The molecule has 2 saturated heterocycles. The first-order chi connectivity index (χ1) is 45.5. The predicted octanol–water partition coefficient (Wildman–Crippen LogP) is 10.4. The maximum Gasteiger partial charge on any atom is 0.260 e. The van der Waals surface area contributed by atoms with Crippen LogP contribution in [-0.4, -0.2) is 165 Å². The van der Waals surface area contributed by atoms with E-state index >= 15 is 0 Å². The van der Waals surface area contributed by atoms with E-state index in [1.54, 1.807) is 67.6 Å². The van der Waals surface area contributed by atoms with Crippen LogP contribution in [0.1, 0.15) is 144 Å². The Morgan fingerprint density at radius 1 is 0.723 bits per heavy atom. The minimum absolute atomic E-state index is 0.0320. The van der Waals surface area contributed by atoms with Crippen molar-refractivity contribution >= 4 is 88.2 Å². The molecule has 500 valence electrons. The number of rotatable bonds is 27. The molecule has 0 aromatic heterocycles. The van der Waals surface area contributed by atoms with E-state index in [4.69, 9.17) is 28.9 Å². The van der Waals surface area contributed by atoms with Crippen molar-refractivity contribution in [3.63, 3.8) is 0 Å². The second kappa shape index (κ2) is 31.9. The number of carbonyl (C=O) groups excluding carboxylic acids is 7. The smallest absolute Gasteiger partial charge is 0.260 e. The van der Waals surface area contributed by atoms with Crippen molar-refractivity contribution in [3.8, 4) is 23.0 Å². The van der Waals surface area contributed by atoms with Gasteiger partial charge in [0, 0.05) is 113 Å². The second-order valence-corrected chi connectivity index (χ2v) is 26.1. The third kappa shape index (κ3) is 16.7. The van der Waals surface area contributed by atoms with Gasteiger partial charge in [0.15, 0.2) is 23.0 Å². The number of piperazine rings is 1. The van der Waals surface area contributed by atoms with E-state index in [1.165, 1.54) is 29.8 Å². The van der Waals surface area contributed by atoms with Crippen LogP contribution in [0.25, 0.3) is 11.1 Å². The van der Waals surface area contributed by atoms with E-state index in [2.05, 4.69) is 57.1 Å². The molecule has 0 spiro atoms. The Morgan fingerprint density at radius 3 is 2.06 bits per heavy atom. The summed E-state index contributed by atoms with van der Waals surface area (Å²) in [6.07, 6.45) is 19.9. The Labute approximate surface area is 552 Å². The van der Waals surface area contributed by atoms with Crippen LogP contribution in [0.15, 0.2) is 95.2 Å². The van der Waals surface area contributed by atoms with Crippen LogP contribution in [0.5, 0.6) is 23.0 Å². The third-order valence-corrected chi connectivity index (χ3v) is 19.1. The Hall–Kier alpha value is -8.85. The summed E-state index contributed by atoms with van der Waals surface area (Å²) in [6.45, 7) is 12.1. The summed E-state index contributed by atoms with van der Waals surface area (Å²) in [7, 11) is 5.28. The van der Waals surface area contributed by atoms with Crippen LogP contribution in [0, 0.1) is 24.7 Å². The van der Waals surface area contributed by atoms with Gasteiger partial charge in [-0.3, -0.25) is 48.4 Å². The summed E-state index contributed by atoms with van der Waals surface area (Å²) in [5.41, 5.74) is 8.03. The van der Waals surface area contributed by atoms with Crippen molar-refractivity contribution in [1.82, 2.24) is 30.2 Å². The average Bonchev–Trinajstić information content (AvgIpc) is 1.62. The summed E-state index contributed by atoms with van der Waals surface area (Å²) in [6, 6.07) is 20.6. The minimum Gasteiger partial charge on any atom is -0.493 e. The van der Waals surface area contributed by atoms with Gasteiger partial charge in [0.1, 0.15) is 12.1 Å². The molecular formula is C73H92N10O11. The van der Waals surface area contributed by atoms with Crippen LogP contribution in [0.2, 0.25) is 0 Å². The highest BCUT2D eigenvalue weighted by molar-refractivity contribution is 6.06. The number of likely N-dealkylation sites (tertiary alicyclic amines) is 1. The molecule has 6 aliphatic rings. The number of likely N-dealkylation sites (N-methyl/N-ethyl adjacent to an activating group) is 1. The lowest BCUT2D eigenvalue weighted by molar-refractivity contribution is -0.140. The maximum atomic E-state index is 14.1. The molecule has 1 aliphatic carbocycles. The fourth-order valence-corrected chi connectivity index (χ4v) is 13.4. The Bertz CT molecular complexity index is 3510. The molecule has 5 unspecified atom stereocenters. The van der Waals surface area contributed by atoms with Crippen LogP contribution in [-0.2, 0) is 28.8 Å². The van der Waals surface area contributed by atoms with Gasteiger partial charge in [-0.2, -0.15) is 0 Å². The molecule has 21 heteroatoms. The van der Waals surface area contributed by atoms with Gasteiger partial charge in [-0.25, -0.2) is 0 Å². The third-order valence-electron chi connectivity index (χ3n) is 19.1. The number of methoxy groups -OCH3 is 2. The zero-order chi connectivity index (χ0) is 66.4. The Balaban J connectivity index is 0.653. The van der Waals surface area contributed by atoms with E-state index in [0.29, 0.717) is 97.1 Å². The van der Waals surface area contributed by atoms with Crippen molar-refractivity contribution in [2.45, 2.75) is 148 Å². The number of hydrogen-bond donors (Lipinski definition) is 3. The molecule has 0 bridgehead atoms. The number of aliphatic imine (C=N–C) groups is 2. The molecule has 1 saturated carbocycles. The number of unbranched alkanes of at least 4 members (excludes halogenated alkanes) is 2. The van der Waals surface area contributed by atoms with E-state index in [9.17, 15) is 33.6 Å². The van der Waals surface area contributed by atoms with Crippen molar-refractivity contribution in [1.29, 1.82) is 0 Å². The molecule has 4 aromatic rings. The topological polar surface area (TPSA) is 233 Å². The maximum absolute atomic E-state index is 14.1. The molecular weight excluding hydrogens is 1190 g/mol. The van der Waals surface area contributed by atoms with Crippen molar-refractivity contribution in [2.24, 2.45) is 27.7 Å². The number of fused-ring (bicyclic) bond motifs is 2. The van der Waals surface area contributed by atoms with Crippen LogP contribution in [0.4, 0.5) is 22.7 Å². The number of hydrogen-bond acceptors (Lipinski definition) is 15. The molecule has 4 aromatic carbocycles. The number of ether oxygens (including phenoxy) is 4. The van der Waals surface area contributed by atoms with Gasteiger partial charge in [-0.15, -0.1) is 0 Å². The summed E-state index contributed by atoms with van der Waals surface area (Å²) in [5.74, 6) is 0.253. The molecule has 94 heavy (non-hydrogen) atoms. The number of benzene rings is 4. The zero-order valence-electron chi connectivity index (χ0n) is 55.5.